The Morgan fingerprint density at radius 1 is 1.35 bits per heavy atom. The highest BCUT2D eigenvalue weighted by Gasteiger charge is 2.28. The average Bonchev–Trinajstić information content (AvgIpc) is 2.72. The van der Waals surface area contributed by atoms with Crippen LogP contribution in [0.25, 0.3) is 0 Å². The number of rotatable bonds is 4. The van der Waals surface area contributed by atoms with Crippen LogP contribution in [-0.2, 0) is 0 Å². The topological polar surface area (TPSA) is 50.7 Å². The summed E-state index contributed by atoms with van der Waals surface area (Å²) in [6, 6.07) is 0.394. The van der Waals surface area contributed by atoms with E-state index in [0.717, 1.165) is 12.2 Å². The molecule has 0 spiro atoms. The second kappa shape index (κ2) is 6.07. The van der Waals surface area contributed by atoms with E-state index in [-0.39, 0.29) is 10.4 Å². The van der Waals surface area contributed by atoms with Crippen LogP contribution >= 0.6 is 35.0 Å². The summed E-state index contributed by atoms with van der Waals surface area (Å²) in [5.74, 6) is 1.67. The Balaban J connectivity index is 2.06. The van der Waals surface area contributed by atoms with Gasteiger partial charge < -0.3 is 5.32 Å². The van der Waals surface area contributed by atoms with Crippen molar-refractivity contribution in [1.29, 1.82) is 0 Å². The molecule has 1 aromatic rings. The number of thioether (sulfide) groups is 1. The predicted octanol–water partition coefficient (Wildman–Crippen LogP) is 3.26. The lowest BCUT2D eigenvalue weighted by atomic mass is 10.2. The summed E-state index contributed by atoms with van der Waals surface area (Å²) in [4.78, 5) is 4.07. The second-order valence-corrected chi connectivity index (χ2v) is 6.11. The second-order valence-electron chi connectivity index (χ2n) is 3.90. The summed E-state index contributed by atoms with van der Waals surface area (Å²) >= 11 is 13.6. The van der Waals surface area contributed by atoms with Gasteiger partial charge in [0.25, 0.3) is 0 Å². The number of nitrogens with one attached hydrogen (secondary N) is 1. The van der Waals surface area contributed by atoms with Gasteiger partial charge in [0.05, 0.1) is 0 Å². The van der Waals surface area contributed by atoms with Crippen LogP contribution < -0.4 is 5.32 Å². The highest BCUT2D eigenvalue weighted by Crippen LogP contribution is 2.32. The fourth-order valence-corrected chi connectivity index (χ4v) is 3.52. The SMILES string of the molecule is CCSC1CCCC1Nc1nc(Cl)nnc1Cl. The van der Waals surface area contributed by atoms with E-state index in [1.807, 2.05) is 11.8 Å². The van der Waals surface area contributed by atoms with Gasteiger partial charge in [0.2, 0.25) is 5.28 Å². The lowest BCUT2D eigenvalue weighted by Gasteiger charge is -2.20. The van der Waals surface area contributed by atoms with Crippen LogP contribution in [0.3, 0.4) is 0 Å². The van der Waals surface area contributed by atoms with Gasteiger partial charge >= 0.3 is 0 Å². The Hall–Kier alpha value is -0.260. The zero-order chi connectivity index (χ0) is 12.3. The number of nitrogens with zero attached hydrogens (tertiary/aromatic N) is 3. The number of hydrogen-bond donors (Lipinski definition) is 1. The van der Waals surface area contributed by atoms with Gasteiger partial charge in [0.15, 0.2) is 11.0 Å². The Bertz CT molecular complexity index is 391. The van der Waals surface area contributed by atoms with E-state index in [2.05, 4.69) is 27.4 Å². The smallest absolute Gasteiger partial charge is 0.245 e. The third kappa shape index (κ3) is 3.36. The largest absolute Gasteiger partial charge is 0.364 e. The molecule has 1 aliphatic rings. The van der Waals surface area contributed by atoms with E-state index in [1.165, 1.54) is 12.8 Å². The minimum atomic E-state index is 0.120. The molecule has 2 rings (SSSR count). The zero-order valence-corrected chi connectivity index (χ0v) is 11.8. The van der Waals surface area contributed by atoms with Crippen LogP contribution in [0.2, 0.25) is 10.4 Å². The fourth-order valence-electron chi connectivity index (χ4n) is 2.07. The van der Waals surface area contributed by atoms with E-state index in [4.69, 9.17) is 23.2 Å². The van der Waals surface area contributed by atoms with Crippen molar-refractivity contribution >= 4 is 40.8 Å². The molecule has 1 aromatic heterocycles. The summed E-state index contributed by atoms with van der Waals surface area (Å²) in [5.41, 5.74) is 0. The lowest BCUT2D eigenvalue weighted by molar-refractivity contribution is 0.758. The van der Waals surface area contributed by atoms with Crippen molar-refractivity contribution in [2.24, 2.45) is 0 Å². The molecule has 0 aromatic carbocycles. The van der Waals surface area contributed by atoms with E-state index < -0.39 is 0 Å². The number of aromatic nitrogens is 3. The van der Waals surface area contributed by atoms with Gasteiger partial charge in [-0.15, -0.1) is 10.2 Å². The van der Waals surface area contributed by atoms with Crippen molar-refractivity contribution < 1.29 is 0 Å². The highest BCUT2D eigenvalue weighted by molar-refractivity contribution is 7.99. The average molecular weight is 293 g/mol. The molecule has 0 amide bonds. The van der Waals surface area contributed by atoms with Crippen molar-refractivity contribution in [3.63, 3.8) is 0 Å². The van der Waals surface area contributed by atoms with Gasteiger partial charge in [-0.25, -0.2) is 0 Å². The van der Waals surface area contributed by atoms with Crippen molar-refractivity contribution in [2.45, 2.75) is 37.5 Å². The summed E-state index contributed by atoms with van der Waals surface area (Å²) in [6.07, 6.45) is 3.61. The zero-order valence-electron chi connectivity index (χ0n) is 9.49. The summed E-state index contributed by atoms with van der Waals surface area (Å²) in [7, 11) is 0. The molecule has 2 unspecified atom stereocenters. The standard InChI is InChI=1S/C10H14Cl2N4S/c1-2-17-7-5-3-4-6(7)13-9-8(11)15-16-10(12)14-9/h6-7H,2-5H2,1H3,(H,13,14,16). The van der Waals surface area contributed by atoms with Crippen molar-refractivity contribution in [3.05, 3.63) is 10.4 Å². The maximum Gasteiger partial charge on any atom is 0.245 e. The Labute approximate surface area is 115 Å². The molecule has 17 heavy (non-hydrogen) atoms. The van der Waals surface area contributed by atoms with Crippen molar-refractivity contribution in [2.75, 3.05) is 11.1 Å². The van der Waals surface area contributed by atoms with Crippen LogP contribution in [0.4, 0.5) is 5.82 Å². The minimum absolute atomic E-state index is 0.120. The summed E-state index contributed by atoms with van der Waals surface area (Å²) < 4.78 is 0. The van der Waals surface area contributed by atoms with E-state index in [9.17, 15) is 0 Å². The maximum atomic E-state index is 5.94. The summed E-state index contributed by atoms with van der Waals surface area (Å²) in [5, 5.41) is 11.7. The van der Waals surface area contributed by atoms with Crippen LogP contribution in [0.1, 0.15) is 26.2 Å². The molecule has 1 N–H and O–H groups in total. The van der Waals surface area contributed by atoms with Gasteiger partial charge in [-0.05, 0) is 30.2 Å². The lowest BCUT2D eigenvalue weighted by Crippen LogP contribution is -2.27. The quantitative estimate of drug-likeness (QED) is 0.923. The molecule has 0 saturated heterocycles. The Kier molecular flexibility index (Phi) is 4.70. The highest BCUT2D eigenvalue weighted by atomic mass is 35.5. The number of hydrogen-bond acceptors (Lipinski definition) is 5. The molecule has 7 heteroatoms. The monoisotopic (exact) mass is 292 g/mol. The first-order valence-corrected chi connectivity index (χ1v) is 7.45. The Morgan fingerprint density at radius 2 is 2.18 bits per heavy atom. The molecule has 1 aliphatic carbocycles. The van der Waals surface area contributed by atoms with Crippen LogP contribution in [0.5, 0.6) is 0 Å². The molecular weight excluding hydrogens is 279 g/mol. The molecule has 2 atom stereocenters. The number of anilines is 1. The molecule has 0 bridgehead atoms. The van der Waals surface area contributed by atoms with Crippen LogP contribution in [0, 0.1) is 0 Å². The van der Waals surface area contributed by atoms with Crippen LogP contribution in [-0.4, -0.2) is 32.2 Å². The molecule has 4 nitrogen and oxygen atoms in total. The molecule has 1 fully saturated rings. The molecule has 0 aliphatic heterocycles. The maximum absolute atomic E-state index is 5.94. The van der Waals surface area contributed by atoms with Gasteiger partial charge in [-0.1, -0.05) is 24.9 Å². The van der Waals surface area contributed by atoms with E-state index in [0.29, 0.717) is 17.1 Å². The van der Waals surface area contributed by atoms with E-state index >= 15 is 0 Å². The number of halogens is 2. The molecule has 1 saturated carbocycles. The molecule has 1 heterocycles. The normalized spacial score (nSPS) is 23.9. The van der Waals surface area contributed by atoms with Crippen molar-refractivity contribution in [3.8, 4) is 0 Å². The molecular formula is C10H14Cl2N4S. The summed E-state index contributed by atoms with van der Waals surface area (Å²) in [6.45, 7) is 2.18. The Morgan fingerprint density at radius 3 is 2.94 bits per heavy atom. The fraction of sp³-hybridized carbons (Fsp3) is 0.700. The molecule has 94 valence electrons. The minimum Gasteiger partial charge on any atom is -0.364 e. The first-order chi connectivity index (χ1) is 8.20. The predicted molar refractivity (Wildman–Crippen MR) is 73.0 cm³/mol. The van der Waals surface area contributed by atoms with E-state index in [1.54, 1.807) is 0 Å². The third-order valence-electron chi connectivity index (χ3n) is 2.78. The van der Waals surface area contributed by atoms with Gasteiger partial charge in [-0.2, -0.15) is 16.7 Å². The van der Waals surface area contributed by atoms with Gasteiger partial charge in [-0.3, -0.25) is 0 Å². The van der Waals surface area contributed by atoms with Gasteiger partial charge in [0, 0.05) is 11.3 Å². The van der Waals surface area contributed by atoms with Gasteiger partial charge in [0.1, 0.15) is 0 Å². The first-order valence-electron chi connectivity index (χ1n) is 5.64. The van der Waals surface area contributed by atoms with Crippen LogP contribution in [0.15, 0.2) is 0 Å². The molecule has 0 radical (unpaired) electrons. The first kappa shape index (κ1) is 13.2. The third-order valence-corrected chi connectivity index (χ3v) is 4.52. The van der Waals surface area contributed by atoms with Crippen molar-refractivity contribution in [1.82, 2.24) is 15.2 Å².